The van der Waals surface area contributed by atoms with Gasteiger partial charge in [-0.3, -0.25) is 0 Å². The van der Waals surface area contributed by atoms with Gasteiger partial charge in [-0.1, -0.05) is 0 Å². The molecule has 0 radical (unpaired) electrons. The van der Waals surface area contributed by atoms with Crippen LogP contribution in [0.1, 0.15) is 18.4 Å². The number of halogens is 3. The lowest BCUT2D eigenvalue weighted by atomic mass is 10.1. The van der Waals surface area contributed by atoms with Gasteiger partial charge in [0.1, 0.15) is 18.0 Å². The zero-order valence-electron chi connectivity index (χ0n) is 13.0. The topological polar surface area (TPSA) is 92.5 Å². The van der Waals surface area contributed by atoms with Crippen LogP contribution in [0.15, 0.2) is 18.3 Å². The first-order valence-electron chi connectivity index (χ1n) is 7.34. The van der Waals surface area contributed by atoms with Gasteiger partial charge in [-0.2, -0.15) is 18.4 Å². The number of piperidine rings is 1. The quantitative estimate of drug-likeness (QED) is 0.755. The molecule has 0 bridgehead atoms. The number of rotatable bonds is 4. The van der Waals surface area contributed by atoms with Gasteiger partial charge in [0.25, 0.3) is 0 Å². The normalized spacial score (nSPS) is 15.4. The van der Waals surface area contributed by atoms with Gasteiger partial charge >= 0.3 is 18.1 Å². The summed E-state index contributed by atoms with van der Waals surface area (Å²) in [5, 5.41) is 9.07. The van der Waals surface area contributed by atoms with E-state index in [2.05, 4.69) is 9.72 Å². The zero-order valence-corrected chi connectivity index (χ0v) is 13.0. The molecule has 1 aromatic heterocycles. The van der Waals surface area contributed by atoms with E-state index in [1.807, 2.05) is 11.0 Å². The summed E-state index contributed by atoms with van der Waals surface area (Å²) in [5.74, 6) is -2.93. The number of nitriles is 1. The summed E-state index contributed by atoms with van der Waals surface area (Å²) in [6.45, 7) is -0.157. The standard InChI is InChI=1S/C15H14F3N3O4/c16-15(17,18)14(23)24-9-12(22)25-11-3-6-21(7-4-11)13-10(8-19)2-1-5-20-13/h1-2,5,11H,3-4,6-7,9H2. The van der Waals surface area contributed by atoms with Gasteiger partial charge < -0.3 is 14.4 Å². The number of pyridine rings is 1. The monoisotopic (exact) mass is 357 g/mol. The van der Waals surface area contributed by atoms with E-state index >= 15 is 0 Å². The second-order valence-electron chi connectivity index (χ2n) is 5.24. The molecule has 0 amide bonds. The van der Waals surface area contributed by atoms with Crippen LogP contribution in [-0.2, 0) is 19.1 Å². The number of aromatic nitrogens is 1. The van der Waals surface area contributed by atoms with E-state index in [0.717, 1.165) is 0 Å². The second kappa shape index (κ2) is 7.83. The van der Waals surface area contributed by atoms with E-state index in [0.29, 0.717) is 37.3 Å². The highest BCUT2D eigenvalue weighted by Crippen LogP contribution is 2.22. The molecule has 10 heteroatoms. The van der Waals surface area contributed by atoms with Gasteiger partial charge in [-0.25, -0.2) is 14.6 Å². The van der Waals surface area contributed by atoms with Gasteiger partial charge in [-0.05, 0) is 12.1 Å². The Morgan fingerprint density at radius 1 is 1.36 bits per heavy atom. The Hall–Kier alpha value is -2.83. The van der Waals surface area contributed by atoms with E-state index in [4.69, 9.17) is 10.00 Å². The van der Waals surface area contributed by atoms with Crippen LogP contribution in [0.3, 0.4) is 0 Å². The molecule has 0 aromatic carbocycles. The Morgan fingerprint density at radius 3 is 2.64 bits per heavy atom. The van der Waals surface area contributed by atoms with Crippen molar-refractivity contribution in [2.24, 2.45) is 0 Å². The van der Waals surface area contributed by atoms with Crippen LogP contribution in [0.4, 0.5) is 19.0 Å². The molecule has 1 fully saturated rings. The maximum atomic E-state index is 12.0. The molecule has 0 atom stereocenters. The van der Waals surface area contributed by atoms with Crippen molar-refractivity contribution < 1.29 is 32.2 Å². The lowest BCUT2D eigenvalue weighted by molar-refractivity contribution is -0.202. The number of esters is 2. The Labute approximate surface area is 140 Å². The third-order valence-corrected chi connectivity index (χ3v) is 3.50. The average molecular weight is 357 g/mol. The van der Waals surface area contributed by atoms with Gasteiger partial charge in [-0.15, -0.1) is 0 Å². The summed E-state index contributed by atoms with van der Waals surface area (Å²) in [4.78, 5) is 28.0. The van der Waals surface area contributed by atoms with Gasteiger partial charge in [0.15, 0.2) is 6.61 Å². The molecule has 1 aliphatic rings. The van der Waals surface area contributed by atoms with Crippen LogP contribution < -0.4 is 4.90 Å². The Bertz CT molecular complexity index is 679. The molecule has 0 aliphatic carbocycles. The minimum absolute atomic E-state index is 0.417. The third kappa shape index (κ3) is 5.07. The molecule has 0 saturated carbocycles. The van der Waals surface area contributed by atoms with E-state index in [-0.39, 0.29) is 0 Å². The smallest absolute Gasteiger partial charge is 0.460 e. The number of hydrogen-bond acceptors (Lipinski definition) is 7. The molecular formula is C15H14F3N3O4. The van der Waals surface area contributed by atoms with Crippen LogP contribution in [-0.4, -0.2) is 48.9 Å². The van der Waals surface area contributed by atoms with Crippen LogP contribution in [0, 0.1) is 11.3 Å². The molecule has 0 N–H and O–H groups in total. The van der Waals surface area contributed by atoms with Crippen molar-refractivity contribution in [1.29, 1.82) is 5.26 Å². The minimum atomic E-state index is -5.15. The summed E-state index contributed by atoms with van der Waals surface area (Å²) >= 11 is 0. The summed E-state index contributed by atoms with van der Waals surface area (Å²) in [6, 6.07) is 5.34. The molecule has 0 spiro atoms. The second-order valence-corrected chi connectivity index (χ2v) is 5.24. The lowest BCUT2D eigenvalue weighted by Gasteiger charge is -2.32. The summed E-state index contributed by atoms with van der Waals surface area (Å²) < 4.78 is 44.7. The number of carbonyl (C=O) groups is 2. The molecule has 7 nitrogen and oxygen atoms in total. The van der Waals surface area contributed by atoms with Crippen molar-refractivity contribution in [2.45, 2.75) is 25.1 Å². The molecule has 0 unspecified atom stereocenters. The molecule has 2 rings (SSSR count). The first kappa shape index (κ1) is 18.5. The van der Waals surface area contributed by atoms with Crippen molar-refractivity contribution in [1.82, 2.24) is 4.98 Å². The van der Waals surface area contributed by atoms with E-state index in [1.54, 1.807) is 18.3 Å². The van der Waals surface area contributed by atoms with Crippen LogP contribution >= 0.6 is 0 Å². The molecule has 2 heterocycles. The SMILES string of the molecule is N#Cc1cccnc1N1CCC(OC(=O)COC(=O)C(F)(F)F)CC1. The lowest BCUT2D eigenvalue weighted by Crippen LogP contribution is -2.39. The molecule has 1 saturated heterocycles. The Balaban J connectivity index is 1.80. The van der Waals surface area contributed by atoms with E-state index in [9.17, 15) is 22.8 Å². The molecule has 25 heavy (non-hydrogen) atoms. The Morgan fingerprint density at radius 2 is 2.04 bits per heavy atom. The number of alkyl halides is 3. The summed E-state index contributed by atoms with van der Waals surface area (Å²) in [5.41, 5.74) is 0.428. The van der Waals surface area contributed by atoms with Gasteiger partial charge in [0.05, 0.1) is 5.56 Å². The van der Waals surface area contributed by atoms with Gasteiger partial charge in [0, 0.05) is 32.1 Å². The van der Waals surface area contributed by atoms with Crippen molar-refractivity contribution in [3.05, 3.63) is 23.9 Å². The number of ether oxygens (including phenoxy) is 2. The highest BCUT2D eigenvalue weighted by atomic mass is 19.4. The number of hydrogen-bond donors (Lipinski definition) is 0. The van der Waals surface area contributed by atoms with Crippen molar-refractivity contribution in [2.75, 3.05) is 24.6 Å². The molecule has 1 aliphatic heterocycles. The minimum Gasteiger partial charge on any atom is -0.460 e. The Kier molecular flexibility index (Phi) is 5.80. The van der Waals surface area contributed by atoms with Crippen molar-refractivity contribution in [3.8, 4) is 6.07 Å². The van der Waals surface area contributed by atoms with Crippen LogP contribution in [0.25, 0.3) is 0 Å². The molecular weight excluding hydrogens is 343 g/mol. The average Bonchev–Trinajstić information content (AvgIpc) is 2.59. The van der Waals surface area contributed by atoms with Crippen LogP contribution in [0.5, 0.6) is 0 Å². The fraction of sp³-hybridized carbons (Fsp3) is 0.467. The van der Waals surface area contributed by atoms with Crippen molar-refractivity contribution in [3.63, 3.8) is 0 Å². The zero-order chi connectivity index (χ0) is 18.4. The summed E-state index contributed by atoms with van der Waals surface area (Å²) in [7, 11) is 0. The molecule has 1 aromatic rings. The number of anilines is 1. The fourth-order valence-corrected chi connectivity index (χ4v) is 2.35. The molecule has 134 valence electrons. The summed E-state index contributed by atoms with van der Waals surface area (Å²) in [6.07, 6.45) is -3.24. The number of nitrogens with zero attached hydrogens (tertiary/aromatic N) is 3. The third-order valence-electron chi connectivity index (χ3n) is 3.50. The highest BCUT2D eigenvalue weighted by Gasteiger charge is 2.41. The highest BCUT2D eigenvalue weighted by molar-refractivity contribution is 5.79. The predicted molar refractivity (Wildman–Crippen MR) is 77.3 cm³/mol. The maximum absolute atomic E-state index is 12.0. The van der Waals surface area contributed by atoms with Crippen molar-refractivity contribution >= 4 is 17.8 Å². The van der Waals surface area contributed by atoms with Gasteiger partial charge in [0.2, 0.25) is 0 Å². The van der Waals surface area contributed by atoms with Crippen LogP contribution in [0.2, 0.25) is 0 Å². The maximum Gasteiger partial charge on any atom is 0.490 e. The first-order valence-corrected chi connectivity index (χ1v) is 7.34. The largest absolute Gasteiger partial charge is 0.490 e. The van der Waals surface area contributed by atoms with E-state index < -0.39 is 30.8 Å². The van der Waals surface area contributed by atoms with E-state index in [1.165, 1.54) is 0 Å². The predicted octanol–water partition coefficient (Wildman–Crippen LogP) is 1.57. The first-order chi connectivity index (χ1) is 11.8. The number of carbonyl (C=O) groups excluding carboxylic acids is 2. The fourth-order valence-electron chi connectivity index (χ4n) is 2.35.